The van der Waals surface area contributed by atoms with E-state index in [2.05, 4.69) is 36.1 Å². The highest BCUT2D eigenvalue weighted by atomic mass is 32.2. The molecule has 3 rings (SSSR count). The summed E-state index contributed by atoms with van der Waals surface area (Å²) in [6.45, 7) is 5.27. The van der Waals surface area contributed by atoms with E-state index in [1.165, 1.54) is 35.7 Å². The van der Waals surface area contributed by atoms with Crippen molar-refractivity contribution in [1.82, 2.24) is 4.90 Å². The largest absolute Gasteiger partial charge is 0.504 e. The van der Waals surface area contributed by atoms with Crippen molar-refractivity contribution in [2.24, 2.45) is 0 Å². The molecule has 1 unspecified atom stereocenters. The van der Waals surface area contributed by atoms with Gasteiger partial charge in [0.2, 0.25) is 0 Å². The van der Waals surface area contributed by atoms with Gasteiger partial charge in [-0.05, 0) is 48.4 Å². The minimum absolute atomic E-state index is 0.00830. The molecule has 1 aliphatic rings. The van der Waals surface area contributed by atoms with E-state index < -0.39 is 0 Å². The maximum atomic E-state index is 10.3. The van der Waals surface area contributed by atoms with Crippen LogP contribution in [0.1, 0.15) is 42.4 Å². The van der Waals surface area contributed by atoms with Gasteiger partial charge < -0.3 is 15.1 Å². The van der Waals surface area contributed by atoms with Gasteiger partial charge in [0.25, 0.3) is 0 Å². The van der Waals surface area contributed by atoms with Gasteiger partial charge in [-0.25, -0.2) is 0 Å². The number of benzene rings is 2. The first-order chi connectivity index (χ1) is 12.2. The molecule has 1 atom stereocenters. The van der Waals surface area contributed by atoms with Crippen LogP contribution in [0.4, 0.5) is 0 Å². The third-order valence-electron chi connectivity index (χ3n) is 5.10. The third-order valence-corrected chi connectivity index (χ3v) is 5.95. The summed E-state index contributed by atoms with van der Waals surface area (Å²) in [5.74, 6) is 0.235. The number of aromatic hydroxyl groups is 2. The quantitative estimate of drug-likeness (QED) is 0.606. The number of hydrogen-bond acceptors (Lipinski definition) is 4. The Kier molecular flexibility index (Phi) is 5.92. The highest BCUT2D eigenvalue weighted by molar-refractivity contribution is 7.98. The van der Waals surface area contributed by atoms with Crippen molar-refractivity contribution in [3.05, 3.63) is 53.1 Å². The molecule has 0 fully saturated rings. The fraction of sp³-hybridized carbons (Fsp3) is 0.429. The van der Waals surface area contributed by atoms with Crippen LogP contribution in [0.15, 0.2) is 41.3 Å². The SMILES string of the molecule is CCCCN1CCc2c(cc(O)c(O)c2SC)C(c2ccccc2)C1. The zero-order valence-corrected chi connectivity index (χ0v) is 15.9. The number of thioether (sulfide) groups is 1. The normalized spacial score (nSPS) is 17.9. The van der Waals surface area contributed by atoms with Crippen LogP contribution in [0.3, 0.4) is 0 Å². The molecule has 0 radical (unpaired) electrons. The predicted molar refractivity (Wildman–Crippen MR) is 105 cm³/mol. The molecule has 0 saturated carbocycles. The van der Waals surface area contributed by atoms with E-state index in [1.807, 2.05) is 12.3 Å². The lowest BCUT2D eigenvalue weighted by Gasteiger charge is -2.25. The molecule has 0 amide bonds. The van der Waals surface area contributed by atoms with E-state index in [9.17, 15) is 10.2 Å². The van der Waals surface area contributed by atoms with E-state index >= 15 is 0 Å². The molecule has 0 aliphatic carbocycles. The van der Waals surface area contributed by atoms with Crippen LogP contribution in [0.25, 0.3) is 0 Å². The molecule has 3 nitrogen and oxygen atoms in total. The number of phenolic OH excluding ortho intramolecular Hbond substituents is 2. The highest BCUT2D eigenvalue weighted by Gasteiger charge is 2.28. The van der Waals surface area contributed by atoms with E-state index in [4.69, 9.17) is 0 Å². The Morgan fingerprint density at radius 2 is 1.96 bits per heavy atom. The standard InChI is InChI=1S/C21H27NO2S/c1-3-4-11-22-12-10-16-17(13-19(23)20(24)21(16)25-2)18(14-22)15-8-6-5-7-9-15/h5-9,13,18,23-24H,3-4,10-12,14H2,1-2H3. The molecule has 1 heterocycles. The van der Waals surface area contributed by atoms with Crippen LogP contribution in [0, 0.1) is 0 Å². The molecule has 4 heteroatoms. The zero-order chi connectivity index (χ0) is 17.8. The summed E-state index contributed by atoms with van der Waals surface area (Å²) in [6.07, 6.45) is 5.26. The summed E-state index contributed by atoms with van der Waals surface area (Å²) in [5, 5.41) is 20.6. The van der Waals surface area contributed by atoms with E-state index in [-0.39, 0.29) is 17.4 Å². The molecule has 1 aliphatic heterocycles. The number of hydrogen-bond donors (Lipinski definition) is 2. The van der Waals surface area contributed by atoms with Gasteiger partial charge in [-0.2, -0.15) is 0 Å². The molecule has 0 aromatic heterocycles. The molecule has 0 spiro atoms. The first kappa shape index (κ1) is 18.2. The van der Waals surface area contributed by atoms with E-state index in [1.54, 1.807) is 6.07 Å². The van der Waals surface area contributed by atoms with Gasteiger partial charge in [0.15, 0.2) is 11.5 Å². The van der Waals surface area contributed by atoms with Crippen molar-refractivity contribution in [2.45, 2.75) is 37.0 Å². The zero-order valence-electron chi connectivity index (χ0n) is 15.0. The average molecular weight is 358 g/mol. The van der Waals surface area contributed by atoms with Crippen molar-refractivity contribution in [2.75, 3.05) is 25.9 Å². The Labute approximate surface area is 154 Å². The van der Waals surface area contributed by atoms with Gasteiger partial charge >= 0.3 is 0 Å². The summed E-state index contributed by atoms with van der Waals surface area (Å²) in [7, 11) is 0. The number of nitrogens with zero attached hydrogens (tertiary/aromatic N) is 1. The minimum Gasteiger partial charge on any atom is -0.504 e. The molecule has 2 aromatic rings. The molecule has 2 aromatic carbocycles. The van der Waals surface area contributed by atoms with Gasteiger partial charge in [-0.15, -0.1) is 11.8 Å². The van der Waals surface area contributed by atoms with Crippen LogP contribution in [-0.4, -0.2) is 41.0 Å². The molecule has 0 saturated heterocycles. The highest BCUT2D eigenvalue weighted by Crippen LogP contribution is 2.44. The second kappa shape index (κ2) is 8.15. The molecular weight excluding hydrogens is 330 g/mol. The number of unbranched alkanes of at least 4 members (excludes halogenated alkanes) is 1. The summed E-state index contributed by atoms with van der Waals surface area (Å²) < 4.78 is 0. The van der Waals surface area contributed by atoms with Crippen molar-refractivity contribution in [3.63, 3.8) is 0 Å². The number of phenols is 2. The average Bonchev–Trinajstić information content (AvgIpc) is 2.81. The van der Waals surface area contributed by atoms with Crippen molar-refractivity contribution in [1.29, 1.82) is 0 Å². The fourth-order valence-electron chi connectivity index (χ4n) is 3.75. The number of rotatable bonds is 5. The molecule has 0 bridgehead atoms. The number of fused-ring (bicyclic) bond motifs is 1. The Balaban J connectivity index is 2.09. The molecule has 25 heavy (non-hydrogen) atoms. The summed E-state index contributed by atoms with van der Waals surface area (Å²) >= 11 is 1.52. The predicted octanol–water partition coefficient (Wildman–Crippen LogP) is 4.61. The van der Waals surface area contributed by atoms with Crippen LogP contribution >= 0.6 is 11.8 Å². The van der Waals surface area contributed by atoms with Gasteiger partial charge in [0.1, 0.15) is 0 Å². The maximum absolute atomic E-state index is 10.3. The van der Waals surface area contributed by atoms with Gasteiger partial charge in [0, 0.05) is 19.0 Å². The Hall–Kier alpha value is -1.65. The van der Waals surface area contributed by atoms with E-state index in [0.717, 1.165) is 36.5 Å². The first-order valence-corrected chi connectivity index (χ1v) is 10.3. The molecule has 2 N–H and O–H groups in total. The second-order valence-corrected chi connectivity index (χ2v) is 7.53. The molecular formula is C21H27NO2S. The Morgan fingerprint density at radius 1 is 1.20 bits per heavy atom. The lowest BCUT2D eigenvalue weighted by Crippen LogP contribution is -2.29. The smallest absolute Gasteiger partial charge is 0.171 e. The minimum atomic E-state index is -0.00830. The topological polar surface area (TPSA) is 43.7 Å². The van der Waals surface area contributed by atoms with Crippen LogP contribution in [-0.2, 0) is 6.42 Å². The van der Waals surface area contributed by atoms with Crippen molar-refractivity contribution < 1.29 is 10.2 Å². The van der Waals surface area contributed by atoms with Crippen molar-refractivity contribution in [3.8, 4) is 11.5 Å². The van der Waals surface area contributed by atoms with Crippen LogP contribution in [0.2, 0.25) is 0 Å². The third kappa shape index (κ3) is 3.80. The second-order valence-electron chi connectivity index (χ2n) is 6.71. The van der Waals surface area contributed by atoms with E-state index in [0.29, 0.717) is 0 Å². The molecule has 134 valence electrons. The lowest BCUT2D eigenvalue weighted by atomic mass is 9.87. The van der Waals surface area contributed by atoms with Gasteiger partial charge in [-0.1, -0.05) is 43.7 Å². The summed E-state index contributed by atoms with van der Waals surface area (Å²) in [6, 6.07) is 12.3. The lowest BCUT2D eigenvalue weighted by molar-refractivity contribution is 0.272. The summed E-state index contributed by atoms with van der Waals surface area (Å²) in [4.78, 5) is 3.35. The van der Waals surface area contributed by atoms with Gasteiger partial charge in [-0.3, -0.25) is 0 Å². The monoisotopic (exact) mass is 357 g/mol. The Morgan fingerprint density at radius 3 is 2.64 bits per heavy atom. The van der Waals surface area contributed by atoms with Crippen molar-refractivity contribution >= 4 is 11.8 Å². The van der Waals surface area contributed by atoms with Crippen LogP contribution in [0.5, 0.6) is 11.5 Å². The van der Waals surface area contributed by atoms with Crippen LogP contribution < -0.4 is 0 Å². The van der Waals surface area contributed by atoms with Gasteiger partial charge in [0.05, 0.1) is 4.90 Å². The fourth-order valence-corrected chi connectivity index (χ4v) is 4.52. The Bertz CT molecular complexity index is 718. The first-order valence-electron chi connectivity index (χ1n) is 9.04. The maximum Gasteiger partial charge on any atom is 0.171 e. The summed E-state index contributed by atoms with van der Waals surface area (Å²) in [5.41, 5.74) is 3.62.